The van der Waals surface area contributed by atoms with Gasteiger partial charge < -0.3 is 30.3 Å². The summed E-state index contributed by atoms with van der Waals surface area (Å²) in [5.74, 6) is 5.81. The lowest BCUT2D eigenvalue weighted by atomic mass is 9.90. The fourth-order valence-electron chi connectivity index (χ4n) is 10.1. The molecule has 0 aliphatic carbocycles. The highest BCUT2D eigenvalue weighted by molar-refractivity contribution is 6.06. The topological polar surface area (TPSA) is 147 Å². The number of hydrogen-bond donors (Lipinski definition) is 4. The lowest BCUT2D eigenvalue weighted by molar-refractivity contribution is -0.123. The first-order valence-electron chi connectivity index (χ1n) is 25.3. The van der Waals surface area contributed by atoms with E-state index < -0.39 is 11.8 Å². The minimum absolute atomic E-state index is 0.0732. The Labute approximate surface area is 413 Å². The number of carbonyl (C=O) groups excluding carboxylic acids is 4. The van der Waals surface area contributed by atoms with Gasteiger partial charge in [-0.25, -0.2) is 9.18 Å². The first kappa shape index (κ1) is 52.1. The molecule has 9 rings (SSSR count). The Balaban J connectivity index is 0.000000157. The van der Waals surface area contributed by atoms with Gasteiger partial charge in [0.05, 0.1) is 17.9 Å². The lowest BCUT2D eigenvalue weighted by Crippen LogP contribution is -2.56. The van der Waals surface area contributed by atoms with Gasteiger partial charge in [-0.15, -0.1) is 0 Å². The van der Waals surface area contributed by atoms with E-state index in [1.807, 2.05) is 9.80 Å². The fourth-order valence-corrected chi connectivity index (χ4v) is 10.1. The summed E-state index contributed by atoms with van der Waals surface area (Å²) in [6.45, 7) is 19.8. The third-order valence-corrected chi connectivity index (χ3v) is 14.1. The normalized spacial score (nSPS) is 20.0. The molecule has 0 saturated carbocycles. The molecule has 6 aliphatic heterocycles. The van der Waals surface area contributed by atoms with Gasteiger partial charge in [-0.1, -0.05) is 60.4 Å². The lowest BCUT2D eigenvalue weighted by Gasteiger charge is -2.45. The zero-order valence-corrected chi connectivity index (χ0v) is 41.1. The first-order valence-corrected chi connectivity index (χ1v) is 25.3. The standard InChI is InChI=1S/C23H33N3O2.C17H22N2O.C16H17FN2O3/c1-19-8-14-26(22(27)17-19)21-6-4-20(5-7-21)3-2-13-25-15-16-28-23(18-25)9-11-24-12-10-23;1-13-8-11-19(17(20)12-13)16-4-2-14(3-5-16)15-6-9-18-10-7-15;1-11-9-12(5-3-2-4-8-20)10-13(17)15(11)19-7-6-14(21)18-16(19)22/h4-7,24H,1-3,8-18H2;2-5,15,18H,1,6-12H2;9-10,20H,2,4,6-8H2,1H3,(H,18,21,22). The van der Waals surface area contributed by atoms with Crippen LogP contribution in [0.5, 0.6) is 0 Å². The van der Waals surface area contributed by atoms with Gasteiger partial charge in [-0.05, 0) is 156 Å². The Morgan fingerprint density at radius 1 is 0.786 bits per heavy atom. The van der Waals surface area contributed by atoms with Crippen LogP contribution in [0, 0.1) is 24.6 Å². The van der Waals surface area contributed by atoms with Gasteiger partial charge in [0.2, 0.25) is 17.7 Å². The number of imide groups is 1. The van der Waals surface area contributed by atoms with Crippen LogP contribution in [0.2, 0.25) is 0 Å². The average Bonchev–Trinajstić information content (AvgIpc) is 3.35. The van der Waals surface area contributed by atoms with E-state index in [0.717, 1.165) is 127 Å². The fraction of sp³-hybridized carbons (Fsp3) is 0.500. The number of benzene rings is 3. The van der Waals surface area contributed by atoms with Gasteiger partial charge in [0, 0.05) is 82.0 Å². The monoisotopic (exact) mass is 958 g/mol. The molecular formula is C56H72FN7O6. The van der Waals surface area contributed by atoms with Crippen molar-refractivity contribution in [2.45, 2.75) is 102 Å². The van der Waals surface area contributed by atoms with E-state index in [4.69, 9.17) is 9.84 Å². The molecule has 0 bridgehead atoms. The summed E-state index contributed by atoms with van der Waals surface area (Å²) in [4.78, 5) is 54.8. The number of rotatable bonds is 10. The molecule has 14 heteroatoms. The number of unbranched alkanes of at least 4 members (excludes halogenated alkanes) is 1. The van der Waals surface area contributed by atoms with E-state index >= 15 is 0 Å². The summed E-state index contributed by atoms with van der Waals surface area (Å²) >= 11 is 0. The van der Waals surface area contributed by atoms with Gasteiger partial charge in [-0.2, -0.15) is 0 Å². The van der Waals surface area contributed by atoms with E-state index in [1.54, 1.807) is 13.0 Å². The van der Waals surface area contributed by atoms with Crippen molar-refractivity contribution in [3.8, 4) is 11.8 Å². The number of carbonyl (C=O) groups is 4. The maximum absolute atomic E-state index is 14.3. The molecule has 0 atom stereocenters. The third kappa shape index (κ3) is 14.5. The highest BCUT2D eigenvalue weighted by Gasteiger charge is 2.37. The molecule has 70 heavy (non-hydrogen) atoms. The summed E-state index contributed by atoms with van der Waals surface area (Å²) in [7, 11) is 0. The zero-order chi connectivity index (χ0) is 49.5. The first-order chi connectivity index (χ1) is 33.9. The number of aliphatic hydroxyl groups is 1. The van der Waals surface area contributed by atoms with Crippen molar-refractivity contribution in [3.63, 3.8) is 0 Å². The molecule has 0 unspecified atom stereocenters. The summed E-state index contributed by atoms with van der Waals surface area (Å²) in [5.41, 5.74) is 8.27. The van der Waals surface area contributed by atoms with Crippen molar-refractivity contribution in [2.24, 2.45) is 0 Å². The van der Waals surface area contributed by atoms with Crippen molar-refractivity contribution in [2.75, 3.05) is 93.4 Å². The van der Waals surface area contributed by atoms with Crippen molar-refractivity contribution < 1.29 is 33.4 Å². The number of halogens is 1. The predicted octanol–water partition coefficient (Wildman–Crippen LogP) is 7.30. The second-order valence-electron chi connectivity index (χ2n) is 19.4. The van der Waals surface area contributed by atoms with Gasteiger partial charge in [-0.3, -0.25) is 29.5 Å². The van der Waals surface area contributed by atoms with Crippen LogP contribution < -0.4 is 30.7 Å². The SMILES string of the molecule is C=C1CCN(c2ccc(C3CCNCC3)cc2)C(=O)C1.C=C1CCN(c2ccc(CCCN3CCOC4(CCNCC4)C3)cc2)C(=O)C1.Cc1cc(C#CCCCO)cc(F)c1N1CCC(=O)NC1=O. The van der Waals surface area contributed by atoms with E-state index in [9.17, 15) is 23.6 Å². The molecule has 5 amide bonds. The largest absolute Gasteiger partial charge is 0.396 e. The van der Waals surface area contributed by atoms with Gasteiger partial charge in [0.15, 0.2) is 0 Å². The number of aryl methyl sites for hydroxylation is 2. The molecule has 1 spiro atoms. The summed E-state index contributed by atoms with van der Waals surface area (Å²) < 4.78 is 20.5. The van der Waals surface area contributed by atoms with E-state index in [1.165, 1.54) is 34.9 Å². The smallest absolute Gasteiger partial charge is 0.328 e. The third-order valence-electron chi connectivity index (χ3n) is 14.1. The van der Waals surface area contributed by atoms with E-state index in [2.05, 4.69) is 94.4 Å². The average molecular weight is 958 g/mol. The van der Waals surface area contributed by atoms with Crippen LogP contribution in [0.1, 0.15) is 105 Å². The molecule has 3 aromatic rings. The number of amides is 5. The molecule has 0 aromatic heterocycles. The van der Waals surface area contributed by atoms with Crippen LogP contribution in [-0.4, -0.2) is 118 Å². The molecular weight excluding hydrogens is 886 g/mol. The number of morpholine rings is 1. The molecule has 3 aromatic carbocycles. The highest BCUT2D eigenvalue weighted by atomic mass is 19.1. The summed E-state index contributed by atoms with van der Waals surface area (Å²) in [5, 5.41) is 17.7. The maximum Gasteiger partial charge on any atom is 0.328 e. The minimum Gasteiger partial charge on any atom is -0.396 e. The second kappa shape index (κ2) is 25.4. The Hall–Kier alpha value is -5.69. The van der Waals surface area contributed by atoms with Crippen LogP contribution in [0.3, 0.4) is 0 Å². The quantitative estimate of drug-likeness (QED) is 0.0935. The number of nitrogens with one attached hydrogen (secondary N) is 3. The van der Waals surface area contributed by atoms with Crippen molar-refractivity contribution in [1.29, 1.82) is 0 Å². The van der Waals surface area contributed by atoms with Gasteiger partial charge in [0.25, 0.3) is 0 Å². The number of aliphatic hydroxyl groups excluding tert-OH is 1. The molecule has 6 heterocycles. The number of urea groups is 1. The molecule has 6 saturated heterocycles. The van der Waals surface area contributed by atoms with Crippen LogP contribution in [0.4, 0.5) is 26.2 Å². The van der Waals surface area contributed by atoms with E-state index in [-0.39, 0.29) is 48.6 Å². The number of anilines is 3. The van der Waals surface area contributed by atoms with E-state index in [0.29, 0.717) is 42.7 Å². The summed E-state index contributed by atoms with van der Waals surface area (Å²) in [6.07, 6.45) is 11.0. The Morgan fingerprint density at radius 2 is 1.40 bits per heavy atom. The van der Waals surface area contributed by atoms with Crippen molar-refractivity contribution in [1.82, 2.24) is 20.9 Å². The highest BCUT2D eigenvalue weighted by Crippen LogP contribution is 2.31. The number of nitrogens with zero attached hydrogens (tertiary/aromatic N) is 4. The Morgan fingerprint density at radius 3 is 2.00 bits per heavy atom. The number of ether oxygens (including phenoxy) is 1. The summed E-state index contributed by atoms with van der Waals surface area (Å²) in [6, 6.07) is 19.5. The minimum atomic E-state index is -0.611. The molecule has 13 nitrogen and oxygen atoms in total. The van der Waals surface area contributed by atoms with Crippen molar-refractivity contribution >= 4 is 40.8 Å². The molecule has 374 valence electrons. The van der Waals surface area contributed by atoms with Crippen molar-refractivity contribution in [3.05, 3.63) is 113 Å². The van der Waals surface area contributed by atoms with Crippen LogP contribution in [0.25, 0.3) is 0 Å². The Bertz CT molecular complexity index is 2350. The van der Waals surface area contributed by atoms with Crippen LogP contribution in [0.15, 0.2) is 85.0 Å². The number of piperidine rings is 4. The molecule has 0 radical (unpaired) electrons. The van der Waals surface area contributed by atoms with Gasteiger partial charge in [0.1, 0.15) is 5.82 Å². The predicted molar refractivity (Wildman–Crippen MR) is 275 cm³/mol. The van der Waals surface area contributed by atoms with Crippen LogP contribution >= 0.6 is 0 Å². The second-order valence-corrected chi connectivity index (χ2v) is 19.4. The molecule has 4 N–H and O–H groups in total. The molecule has 6 fully saturated rings. The maximum atomic E-state index is 14.3. The van der Waals surface area contributed by atoms with Crippen LogP contribution in [-0.2, 0) is 25.5 Å². The Kier molecular flexibility index (Phi) is 18.9. The number of hydrogen-bond acceptors (Lipinski definition) is 9. The zero-order valence-electron chi connectivity index (χ0n) is 41.1. The van der Waals surface area contributed by atoms with Gasteiger partial charge >= 0.3 is 6.03 Å². The molecule has 6 aliphatic rings.